The smallest absolute Gasteiger partial charge is 0.412 e. The van der Waals surface area contributed by atoms with Crippen molar-refractivity contribution in [3.05, 3.63) is 29.4 Å². The van der Waals surface area contributed by atoms with Gasteiger partial charge in [0.05, 0.1) is 16.0 Å². The van der Waals surface area contributed by atoms with E-state index in [2.05, 4.69) is 5.32 Å². The van der Waals surface area contributed by atoms with Crippen LogP contribution >= 0.6 is 18.5 Å². The Bertz CT molecular complexity index is 1160. The zero-order valence-electron chi connectivity index (χ0n) is 22.1. The number of carbonyl (C=O) groups excluding carboxylic acids is 1. The van der Waals surface area contributed by atoms with Gasteiger partial charge in [0.15, 0.2) is 0 Å². The van der Waals surface area contributed by atoms with Gasteiger partial charge in [-0.1, -0.05) is 6.07 Å². The van der Waals surface area contributed by atoms with Crippen LogP contribution in [0.4, 0.5) is 15.3 Å². The normalized spacial score (nSPS) is 21.2. The van der Waals surface area contributed by atoms with Gasteiger partial charge in [0.1, 0.15) is 7.14 Å². The SMILES string of the molecule is CC(C)OC(=O)NC1CCC(c2ncc(-c3ccc(N(C(=O)O)C(C)C)cc3P3(=O)CCCC3)s2)CC1. The Hall–Kier alpha value is -2.38. The highest BCUT2D eigenvalue weighted by Gasteiger charge is 2.34. The first-order chi connectivity index (χ1) is 17.6. The first kappa shape index (κ1) is 27.6. The van der Waals surface area contributed by atoms with Gasteiger partial charge in [0.25, 0.3) is 0 Å². The summed E-state index contributed by atoms with van der Waals surface area (Å²) < 4.78 is 19.2. The molecular weight excluding hydrogens is 509 g/mol. The largest absolute Gasteiger partial charge is 0.465 e. The Labute approximate surface area is 223 Å². The third-order valence-electron chi connectivity index (χ3n) is 7.24. The number of alkyl carbamates (subject to hydrolysis) is 1. The number of carbonyl (C=O) groups is 2. The second-order valence-electron chi connectivity index (χ2n) is 10.7. The summed E-state index contributed by atoms with van der Waals surface area (Å²) >= 11 is 1.64. The summed E-state index contributed by atoms with van der Waals surface area (Å²) in [7, 11) is -2.60. The lowest BCUT2D eigenvalue weighted by Gasteiger charge is -2.28. The minimum atomic E-state index is -2.60. The van der Waals surface area contributed by atoms with Crippen LogP contribution in [-0.4, -0.2) is 52.8 Å². The molecule has 0 radical (unpaired) electrons. The molecule has 0 bridgehead atoms. The van der Waals surface area contributed by atoms with Gasteiger partial charge in [-0.2, -0.15) is 0 Å². The maximum absolute atomic E-state index is 14.0. The highest BCUT2D eigenvalue weighted by atomic mass is 32.1. The standard InChI is InChI=1S/C27H38N3O5PS/c1-17(2)30(27(32)33)21-11-12-22(23(15-21)36(34)13-5-6-14-36)24-16-28-25(37-24)19-7-9-20(10-8-19)29-26(31)35-18(3)4/h11-12,15-20H,5-10,13-14H2,1-4H3,(H,29,31)(H,32,33). The van der Waals surface area contributed by atoms with Gasteiger partial charge >= 0.3 is 12.2 Å². The minimum absolute atomic E-state index is 0.117. The predicted molar refractivity (Wildman–Crippen MR) is 149 cm³/mol. The summed E-state index contributed by atoms with van der Waals surface area (Å²) in [5.41, 5.74) is 1.48. The van der Waals surface area contributed by atoms with Gasteiger partial charge in [-0.25, -0.2) is 14.6 Å². The van der Waals surface area contributed by atoms with Gasteiger partial charge in [-0.05, 0) is 78.4 Å². The van der Waals surface area contributed by atoms with Gasteiger partial charge in [0, 0.05) is 53.1 Å². The molecule has 8 nitrogen and oxygen atoms in total. The summed E-state index contributed by atoms with van der Waals surface area (Å²) in [6.07, 6.45) is 7.20. The fourth-order valence-electron chi connectivity index (χ4n) is 5.43. The first-order valence-corrected chi connectivity index (χ1v) is 16.1. The summed E-state index contributed by atoms with van der Waals surface area (Å²) in [4.78, 5) is 30.9. The lowest BCUT2D eigenvalue weighted by Crippen LogP contribution is -2.38. The molecule has 2 aliphatic rings. The number of hydrogen-bond acceptors (Lipinski definition) is 6. The lowest BCUT2D eigenvalue weighted by atomic mass is 9.86. The fraction of sp³-hybridized carbons (Fsp3) is 0.593. The van der Waals surface area contributed by atoms with Crippen LogP contribution in [0.5, 0.6) is 0 Å². The highest BCUT2D eigenvalue weighted by molar-refractivity contribution is 7.72. The number of amides is 2. The molecule has 202 valence electrons. The van der Waals surface area contributed by atoms with Gasteiger partial charge in [-0.15, -0.1) is 11.3 Å². The van der Waals surface area contributed by atoms with E-state index in [0.717, 1.165) is 59.3 Å². The summed E-state index contributed by atoms with van der Waals surface area (Å²) in [5.74, 6) is 0.326. The molecule has 4 rings (SSSR count). The van der Waals surface area contributed by atoms with Gasteiger partial charge in [0.2, 0.25) is 0 Å². The van der Waals surface area contributed by atoms with E-state index in [1.807, 2.05) is 52.1 Å². The second-order valence-corrected chi connectivity index (χ2v) is 14.9. The molecule has 2 N–H and O–H groups in total. The van der Waals surface area contributed by atoms with Crippen molar-refractivity contribution in [3.63, 3.8) is 0 Å². The Morgan fingerprint density at radius 3 is 2.41 bits per heavy atom. The van der Waals surface area contributed by atoms with E-state index in [9.17, 15) is 19.3 Å². The summed E-state index contributed by atoms with van der Waals surface area (Å²) in [5, 5.41) is 14.6. The predicted octanol–water partition coefficient (Wildman–Crippen LogP) is 6.65. The van der Waals surface area contributed by atoms with E-state index in [0.29, 0.717) is 23.9 Å². The Balaban J connectivity index is 1.55. The van der Waals surface area contributed by atoms with Crippen molar-refractivity contribution in [2.75, 3.05) is 17.2 Å². The number of rotatable bonds is 7. The van der Waals surface area contributed by atoms with Gasteiger partial charge < -0.3 is 19.7 Å². The molecule has 0 atom stereocenters. The van der Waals surface area contributed by atoms with Crippen molar-refractivity contribution in [2.45, 2.75) is 90.3 Å². The van der Waals surface area contributed by atoms with E-state index in [1.165, 1.54) is 4.90 Å². The molecule has 1 saturated heterocycles. The van der Waals surface area contributed by atoms with Crippen LogP contribution in [0.2, 0.25) is 0 Å². The van der Waals surface area contributed by atoms with Crippen molar-refractivity contribution >= 4 is 41.7 Å². The number of nitrogens with one attached hydrogen (secondary N) is 1. The molecule has 1 saturated carbocycles. The zero-order chi connectivity index (χ0) is 26.7. The molecule has 0 unspecified atom stereocenters. The monoisotopic (exact) mass is 547 g/mol. The Kier molecular flexibility index (Phi) is 8.64. The second kappa shape index (κ2) is 11.6. The van der Waals surface area contributed by atoms with Crippen molar-refractivity contribution in [3.8, 4) is 10.4 Å². The number of aromatic nitrogens is 1. The first-order valence-electron chi connectivity index (χ1n) is 13.3. The zero-order valence-corrected chi connectivity index (χ0v) is 23.8. The van der Waals surface area contributed by atoms with E-state index in [1.54, 1.807) is 11.3 Å². The van der Waals surface area contributed by atoms with Crippen LogP contribution in [0.25, 0.3) is 10.4 Å². The van der Waals surface area contributed by atoms with E-state index in [4.69, 9.17) is 9.72 Å². The molecule has 0 spiro atoms. The molecule has 10 heteroatoms. The number of anilines is 1. The topological polar surface area (TPSA) is 109 Å². The molecule has 1 aliphatic heterocycles. The molecule has 1 aliphatic carbocycles. The summed E-state index contributed by atoms with van der Waals surface area (Å²) in [6.45, 7) is 7.36. The number of hydrogen-bond donors (Lipinski definition) is 2. The number of nitrogens with zero attached hydrogens (tertiary/aromatic N) is 2. The van der Waals surface area contributed by atoms with E-state index in [-0.39, 0.29) is 24.3 Å². The van der Waals surface area contributed by atoms with Crippen molar-refractivity contribution in [2.24, 2.45) is 0 Å². The highest BCUT2D eigenvalue weighted by Crippen LogP contribution is 2.54. The Morgan fingerprint density at radius 2 is 1.81 bits per heavy atom. The molecule has 1 aromatic carbocycles. The molecule has 1 aromatic heterocycles. The van der Waals surface area contributed by atoms with Crippen LogP contribution in [0.1, 0.15) is 77.1 Å². The molecule has 2 heterocycles. The maximum Gasteiger partial charge on any atom is 0.412 e. The minimum Gasteiger partial charge on any atom is -0.465 e. The molecule has 2 aromatic rings. The number of carboxylic acid groups (broad SMARTS) is 1. The number of ether oxygens (including phenoxy) is 1. The average Bonchev–Trinajstić information content (AvgIpc) is 3.49. The molecule has 2 amide bonds. The van der Waals surface area contributed by atoms with Crippen molar-refractivity contribution < 1.29 is 24.0 Å². The number of thiazole rings is 1. The molecular formula is C27H38N3O5PS. The van der Waals surface area contributed by atoms with E-state index >= 15 is 0 Å². The Morgan fingerprint density at radius 1 is 1.14 bits per heavy atom. The van der Waals surface area contributed by atoms with Gasteiger partial charge in [-0.3, -0.25) is 4.90 Å². The third kappa shape index (κ3) is 6.37. The van der Waals surface area contributed by atoms with Crippen molar-refractivity contribution in [1.82, 2.24) is 10.3 Å². The van der Waals surface area contributed by atoms with Crippen LogP contribution < -0.4 is 15.5 Å². The average molecular weight is 548 g/mol. The molecule has 37 heavy (non-hydrogen) atoms. The quantitative estimate of drug-likeness (QED) is 0.376. The molecule has 2 fully saturated rings. The van der Waals surface area contributed by atoms with Crippen LogP contribution in [0.15, 0.2) is 24.4 Å². The van der Waals surface area contributed by atoms with Crippen molar-refractivity contribution in [1.29, 1.82) is 0 Å². The number of benzene rings is 1. The van der Waals surface area contributed by atoms with Crippen LogP contribution in [0.3, 0.4) is 0 Å². The fourth-order valence-corrected chi connectivity index (χ4v) is 9.81. The third-order valence-corrected chi connectivity index (χ3v) is 11.8. The van der Waals surface area contributed by atoms with Crippen LogP contribution in [-0.2, 0) is 9.30 Å². The van der Waals surface area contributed by atoms with E-state index < -0.39 is 13.2 Å². The summed E-state index contributed by atoms with van der Waals surface area (Å²) in [6, 6.07) is 5.49. The van der Waals surface area contributed by atoms with Crippen LogP contribution in [0, 0.1) is 0 Å². The lowest BCUT2D eigenvalue weighted by molar-refractivity contribution is 0.109. The maximum atomic E-state index is 14.0.